The summed E-state index contributed by atoms with van der Waals surface area (Å²) < 4.78 is 0. The molecule has 0 spiro atoms. The third kappa shape index (κ3) is 3.74. The van der Waals surface area contributed by atoms with E-state index in [4.69, 9.17) is 0 Å². The molecule has 5 nitrogen and oxygen atoms in total. The summed E-state index contributed by atoms with van der Waals surface area (Å²) >= 11 is 0. The van der Waals surface area contributed by atoms with Crippen LogP contribution in [0.5, 0.6) is 0 Å². The van der Waals surface area contributed by atoms with Crippen molar-refractivity contribution in [3.8, 4) is 0 Å². The average Bonchev–Trinajstić information content (AvgIpc) is 2.88. The molecule has 0 radical (unpaired) electrons. The van der Waals surface area contributed by atoms with Crippen molar-refractivity contribution in [2.75, 3.05) is 23.3 Å². The molecule has 2 amide bonds. The predicted octanol–water partition coefficient (Wildman–Crippen LogP) is 2.00. The van der Waals surface area contributed by atoms with Crippen molar-refractivity contribution in [3.05, 3.63) is 24.3 Å². The Morgan fingerprint density at radius 1 is 1.38 bits per heavy atom. The SMILES string of the molecule is CCN(c1ccc(NC(=O)C2CNC(=O)C2)cc1)C(C)C. The number of carbonyl (C=O) groups excluding carboxylic acids is 2. The Hall–Kier alpha value is -2.04. The van der Waals surface area contributed by atoms with E-state index in [9.17, 15) is 9.59 Å². The fraction of sp³-hybridized carbons (Fsp3) is 0.500. The van der Waals surface area contributed by atoms with E-state index in [1.807, 2.05) is 24.3 Å². The van der Waals surface area contributed by atoms with Crippen LogP contribution in [0.2, 0.25) is 0 Å². The number of carbonyl (C=O) groups is 2. The lowest BCUT2D eigenvalue weighted by Gasteiger charge is -2.27. The van der Waals surface area contributed by atoms with Gasteiger partial charge in [0.25, 0.3) is 0 Å². The number of nitrogens with one attached hydrogen (secondary N) is 2. The zero-order valence-electron chi connectivity index (χ0n) is 12.8. The molecule has 0 aliphatic carbocycles. The molecule has 1 saturated heterocycles. The van der Waals surface area contributed by atoms with Crippen LogP contribution in [0.15, 0.2) is 24.3 Å². The van der Waals surface area contributed by atoms with Gasteiger partial charge in [-0.15, -0.1) is 0 Å². The molecular weight excluding hydrogens is 266 g/mol. The molecular formula is C16H23N3O2. The van der Waals surface area contributed by atoms with E-state index < -0.39 is 0 Å². The Bertz CT molecular complexity index is 511. The third-order valence-electron chi connectivity index (χ3n) is 3.78. The van der Waals surface area contributed by atoms with Crippen LogP contribution in [-0.4, -0.2) is 30.9 Å². The Kier molecular flexibility index (Phi) is 4.83. The van der Waals surface area contributed by atoms with Crippen molar-refractivity contribution in [2.45, 2.75) is 33.2 Å². The Morgan fingerprint density at radius 2 is 2.05 bits per heavy atom. The normalized spacial score (nSPS) is 17.7. The average molecular weight is 289 g/mol. The first-order chi connectivity index (χ1) is 10.0. The highest BCUT2D eigenvalue weighted by Gasteiger charge is 2.27. The van der Waals surface area contributed by atoms with Crippen LogP contribution in [-0.2, 0) is 9.59 Å². The van der Waals surface area contributed by atoms with Gasteiger partial charge in [-0.1, -0.05) is 0 Å². The second-order valence-electron chi connectivity index (χ2n) is 5.62. The standard InChI is InChI=1S/C16H23N3O2/c1-4-19(11(2)3)14-7-5-13(6-8-14)18-16(21)12-9-15(20)17-10-12/h5-8,11-12H,4,9-10H2,1-3H3,(H,17,20)(H,18,21). The van der Waals surface area contributed by atoms with Crippen molar-refractivity contribution >= 4 is 23.2 Å². The maximum Gasteiger partial charge on any atom is 0.229 e. The summed E-state index contributed by atoms with van der Waals surface area (Å²) in [7, 11) is 0. The van der Waals surface area contributed by atoms with Crippen molar-refractivity contribution in [2.24, 2.45) is 5.92 Å². The molecule has 1 aliphatic heterocycles. The predicted molar refractivity (Wildman–Crippen MR) is 84.3 cm³/mol. The number of hydrogen-bond acceptors (Lipinski definition) is 3. The Labute approximate surface area is 125 Å². The van der Waals surface area contributed by atoms with Gasteiger partial charge in [-0.3, -0.25) is 9.59 Å². The lowest BCUT2D eigenvalue weighted by molar-refractivity contribution is -0.123. The fourth-order valence-corrected chi connectivity index (χ4v) is 2.62. The van der Waals surface area contributed by atoms with Crippen LogP contribution in [0.25, 0.3) is 0 Å². The first-order valence-electron chi connectivity index (χ1n) is 7.45. The second-order valence-corrected chi connectivity index (χ2v) is 5.62. The van der Waals surface area contributed by atoms with Gasteiger partial charge in [0.05, 0.1) is 5.92 Å². The van der Waals surface area contributed by atoms with E-state index in [1.54, 1.807) is 0 Å². The maximum absolute atomic E-state index is 12.0. The van der Waals surface area contributed by atoms with Gasteiger partial charge < -0.3 is 15.5 Å². The summed E-state index contributed by atoms with van der Waals surface area (Å²) in [6, 6.07) is 8.27. The summed E-state index contributed by atoms with van der Waals surface area (Å²) in [5.74, 6) is -0.418. The smallest absolute Gasteiger partial charge is 0.229 e. The van der Waals surface area contributed by atoms with Gasteiger partial charge >= 0.3 is 0 Å². The number of nitrogens with zero attached hydrogens (tertiary/aromatic N) is 1. The zero-order valence-corrected chi connectivity index (χ0v) is 12.8. The summed E-state index contributed by atoms with van der Waals surface area (Å²) in [6.45, 7) is 7.81. The highest BCUT2D eigenvalue weighted by molar-refractivity contribution is 5.97. The summed E-state index contributed by atoms with van der Waals surface area (Å²) in [6.07, 6.45) is 0.279. The largest absolute Gasteiger partial charge is 0.369 e. The minimum absolute atomic E-state index is 0.0546. The molecule has 0 bridgehead atoms. The second kappa shape index (κ2) is 6.61. The van der Waals surface area contributed by atoms with Crippen molar-refractivity contribution in [1.29, 1.82) is 0 Å². The molecule has 0 aromatic heterocycles. The number of rotatable bonds is 5. The van der Waals surface area contributed by atoms with Gasteiger partial charge in [-0.2, -0.15) is 0 Å². The summed E-state index contributed by atoms with van der Waals surface area (Å²) in [5.41, 5.74) is 1.91. The van der Waals surface area contributed by atoms with Crippen LogP contribution in [0, 0.1) is 5.92 Å². The third-order valence-corrected chi connectivity index (χ3v) is 3.78. The molecule has 2 rings (SSSR count). The summed E-state index contributed by atoms with van der Waals surface area (Å²) in [4.78, 5) is 25.4. The molecule has 0 saturated carbocycles. The quantitative estimate of drug-likeness (QED) is 0.871. The maximum atomic E-state index is 12.0. The van der Waals surface area contributed by atoms with Crippen LogP contribution in [0.3, 0.4) is 0 Å². The van der Waals surface area contributed by atoms with Gasteiger partial charge in [0.15, 0.2) is 0 Å². The number of benzene rings is 1. The molecule has 1 fully saturated rings. The topological polar surface area (TPSA) is 61.4 Å². The molecule has 21 heavy (non-hydrogen) atoms. The lowest BCUT2D eigenvalue weighted by atomic mass is 10.1. The van der Waals surface area contributed by atoms with Gasteiger partial charge in [0.2, 0.25) is 11.8 Å². The van der Waals surface area contributed by atoms with Crippen molar-refractivity contribution in [3.63, 3.8) is 0 Å². The van der Waals surface area contributed by atoms with Gasteiger partial charge in [-0.25, -0.2) is 0 Å². The van der Waals surface area contributed by atoms with Gasteiger partial charge in [0, 0.05) is 36.9 Å². The van der Waals surface area contributed by atoms with E-state index >= 15 is 0 Å². The molecule has 114 valence electrons. The van der Waals surface area contributed by atoms with Gasteiger partial charge in [0.1, 0.15) is 0 Å². The van der Waals surface area contributed by atoms with E-state index in [0.717, 1.165) is 17.9 Å². The number of amides is 2. The van der Waals surface area contributed by atoms with Crippen LogP contribution in [0.1, 0.15) is 27.2 Å². The van der Waals surface area contributed by atoms with Crippen molar-refractivity contribution in [1.82, 2.24) is 5.32 Å². The van der Waals surface area contributed by atoms with Gasteiger partial charge in [-0.05, 0) is 45.0 Å². The highest BCUT2D eigenvalue weighted by Crippen LogP contribution is 2.21. The molecule has 1 unspecified atom stereocenters. The van der Waals surface area contributed by atoms with Crippen LogP contribution >= 0.6 is 0 Å². The van der Waals surface area contributed by atoms with E-state index in [1.165, 1.54) is 0 Å². The Balaban J connectivity index is 1.99. The Morgan fingerprint density at radius 3 is 2.52 bits per heavy atom. The number of hydrogen-bond donors (Lipinski definition) is 2. The fourth-order valence-electron chi connectivity index (χ4n) is 2.62. The first-order valence-corrected chi connectivity index (χ1v) is 7.45. The molecule has 1 aliphatic rings. The van der Waals surface area contributed by atoms with Crippen LogP contribution < -0.4 is 15.5 Å². The molecule has 1 aromatic carbocycles. The lowest BCUT2D eigenvalue weighted by Crippen LogP contribution is -2.30. The highest BCUT2D eigenvalue weighted by atomic mass is 16.2. The minimum Gasteiger partial charge on any atom is -0.369 e. The molecule has 5 heteroatoms. The first kappa shape index (κ1) is 15.4. The van der Waals surface area contributed by atoms with E-state index in [-0.39, 0.29) is 24.2 Å². The van der Waals surface area contributed by atoms with E-state index in [0.29, 0.717) is 12.6 Å². The monoisotopic (exact) mass is 289 g/mol. The van der Waals surface area contributed by atoms with E-state index in [2.05, 4.69) is 36.3 Å². The number of anilines is 2. The molecule has 1 aromatic rings. The van der Waals surface area contributed by atoms with Crippen molar-refractivity contribution < 1.29 is 9.59 Å². The zero-order chi connectivity index (χ0) is 15.4. The van der Waals surface area contributed by atoms with Crippen LogP contribution in [0.4, 0.5) is 11.4 Å². The molecule has 1 atom stereocenters. The molecule has 2 N–H and O–H groups in total. The summed E-state index contributed by atoms with van der Waals surface area (Å²) in [5, 5.41) is 5.54. The minimum atomic E-state index is -0.264. The molecule has 1 heterocycles.